The smallest absolute Gasteiger partial charge is 0.336 e. The van der Waals surface area contributed by atoms with Gasteiger partial charge in [0, 0.05) is 30.1 Å². The second-order valence-electron chi connectivity index (χ2n) is 9.92. The normalized spacial score (nSPS) is 16.0. The van der Waals surface area contributed by atoms with Crippen LogP contribution in [0.4, 0.5) is 0 Å². The summed E-state index contributed by atoms with van der Waals surface area (Å²) >= 11 is 12.8. The molecule has 0 saturated carbocycles. The molecule has 0 unspecified atom stereocenters. The molecule has 0 aromatic heterocycles. The molecule has 0 aliphatic carbocycles. The molecule has 1 atom stereocenters. The summed E-state index contributed by atoms with van der Waals surface area (Å²) in [6.07, 6.45) is 0.840. The van der Waals surface area contributed by atoms with Gasteiger partial charge in [-0.2, -0.15) is 18.6 Å². The number of nitrogens with one attached hydrogen (secondary N) is 3. The minimum atomic E-state index is -0.868. The molecule has 2 aromatic rings. The molecule has 12 nitrogen and oxygen atoms in total. The van der Waals surface area contributed by atoms with E-state index < -0.39 is 23.8 Å². The first-order valence-electron chi connectivity index (χ1n) is 13.9. The van der Waals surface area contributed by atoms with E-state index in [2.05, 4.69) is 21.2 Å². The number of esters is 2. The van der Waals surface area contributed by atoms with Crippen molar-refractivity contribution in [2.75, 3.05) is 40.6 Å². The van der Waals surface area contributed by atoms with Crippen LogP contribution in [0.15, 0.2) is 70.1 Å². The van der Waals surface area contributed by atoms with Crippen molar-refractivity contribution in [3.8, 4) is 5.75 Å². The summed E-state index contributed by atoms with van der Waals surface area (Å²) in [6, 6.07) is 11.9. The molecule has 0 radical (unpaired) electrons. The van der Waals surface area contributed by atoms with Gasteiger partial charge in [0.05, 0.1) is 60.9 Å². The number of hydrogen-bond donors (Lipinski definition) is 3. The zero-order valence-corrected chi connectivity index (χ0v) is 27.8. The standard InChI is InChI=1S/C31H32Cl2N4O8.H2S/c1-17-27(30(40)42-2)28(19-6-4-5-7-20(19)32)29(31(41)43-3)23(35-17)15-44-13-12-34-26(39)16-45-24-10-8-18(14-21(24)33)22-9-11-25(38)37-36-22;/h4-8,10,14,28,35H,9,11-13,15-16H2,1-3H3,(H,34,39)(H,37,38);1H2/t28-;/m0./s1. The summed E-state index contributed by atoms with van der Waals surface area (Å²) in [6.45, 7) is 1.60. The number of dihydropyridines is 1. The highest BCUT2D eigenvalue weighted by molar-refractivity contribution is 7.59. The summed E-state index contributed by atoms with van der Waals surface area (Å²) in [5, 5.41) is 10.5. The highest BCUT2D eigenvalue weighted by Crippen LogP contribution is 2.41. The maximum Gasteiger partial charge on any atom is 0.336 e. The van der Waals surface area contributed by atoms with E-state index in [1.165, 1.54) is 14.2 Å². The van der Waals surface area contributed by atoms with Gasteiger partial charge in [-0.3, -0.25) is 9.59 Å². The number of carbonyl (C=O) groups is 4. The maximum atomic E-state index is 13.0. The lowest BCUT2D eigenvalue weighted by Crippen LogP contribution is -2.35. The van der Waals surface area contributed by atoms with Crippen LogP contribution < -0.4 is 20.8 Å². The molecule has 0 fully saturated rings. The average Bonchev–Trinajstić information content (AvgIpc) is 3.03. The van der Waals surface area contributed by atoms with Gasteiger partial charge < -0.3 is 29.6 Å². The van der Waals surface area contributed by atoms with Crippen molar-refractivity contribution >= 4 is 66.2 Å². The van der Waals surface area contributed by atoms with Crippen LogP contribution in [0.1, 0.15) is 36.8 Å². The number of carbonyl (C=O) groups excluding carboxylic acids is 4. The van der Waals surface area contributed by atoms with Crippen molar-refractivity contribution < 1.29 is 38.1 Å². The second kappa shape index (κ2) is 17.0. The lowest BCUT2D eigenvalue weighted by Gasteiger charge is -2.31. The number of hydrogen-bond acceptors (Lipinski definition) is 10. The van der Waals surface area contributed by atoms with E-state index in [1.807, 2.05) is 0 Å². The number of ether oxygens (including phenoxy) is 4. The Morgan fingerprint density at radius 1 is 1.00 bits per heavy atom. The first-order valence-corrected chi connectivity index (χ1v) is 14.6. The number of halogens is 2. The molecule has 0 saturated heterocycles. The lowest BCUT2D eigenvalue weighted by atomic mass is 9.80. The van der Waals surface area contributed by atoms with E-state index in [-0.39, 0.29) is 56.9 Å². The highest BCUT2D eigenvalue weighted by atomic mass is 35.5. The molecule has 3 N–H and O–H groups in total. The van der Waals surface area contributed by atoms with E-state index in [4.69, 9.17) is 42.1 Å². The molecule has 246 valence electrons. The molecule has 2 aliphatic heterocycles. The van der Waals surface area contributed by atoms with E-state index in [0.717, 1.165) is 5.56 Å². The average molecular weight is 694 g/mol. The molecule has 2 amide bonds. The molecular formula is C31H34Cl2N4O8S. The SMILES string of the molecule is COC(=O)C1=C(C)NC(COCCNC(=O)COc2ccc(C3=NNC(=O)CC3)cc2Cl)=C(C(=O)OC)[C@H]1c1ccccc1Cl.S. The molecule has 15 heteroatoms. The molecule has 46 heavy (non-hydrogen) atoms. The quantitative estimate of drug-likeness (QED) is 0.224. The van der Waals surface area contributed by atoms with E-state index >= 15 is 0 Å². The van der Waals surface area contributed by atoms with E-state index in [9.17, 15) is 19.2 Å². The number of allylic oxidation sites excluding steroid dienone is 1. The van der Waals surface area contributed by atoms with Crippen molar-refractivity contribution in [1.82, 2.24) is 16.1 Å². The lowest BCUT2D eigenvalue weighted by molar-refractivity contribution is -0.137. The van der Waals surface area contributed by atoms with Crippen LogP contribution in [0, 0.1) is 0 Å². The van der Waals surface area contributed by atoms with Gasteiger partial charge in [-0.15, -0.1) is 0 Å². The third-order valence-electron chi connectivity index (χ3n) is 7.01. The monoisotopic (exact) mass is 692 g/mol. The van der Waals surface area contributed by atoms with Gasteiger partial charge in [0.2, 0.25) is 5.91 Å². The molecule has 0 bridgehead atoms. The fraction of sp³-hybridized carbons (Fsp3) is 0.323. The van der Waals surface area contributed by atoms with Gasteiger partial charge >= 0.3 is 11.9 Å². The van der Waals surface area contributed by atoms with Gasteiger partial charge in [0.15, 0.2) is 6.61 Å². The number of rotatable bonds is 12. The summed E-state index contributed by atoms with van der Waals surface area (Å²) in [4.78, 5) is 49.5. The third kappa shape index (κ3) is 8.81. The van der Waals surface area contributed by atoms with Crippen LogP contribution in [-0.2, 0) is 33.4 Å². The Morgan fingerprint density at radius 3 is 2.37 bits per heavy atom. The molecule has 4 rings (SSSR count). The molecule has 2 heterocycles. The van der Waals surface area contributed by atoms with Crippen LogP contribution >= 0.6 is 36.7 Å². The third-order valence-corrected chi connectivity index (χ3v) is 7.65. The van der Waals surface area contributed by atoms with Crippen LogP contribution in [0.2, 0.25) is 10.0 Å². The zero-order chi connectivity index (χ0) is 32.5. The maximum absolute atomic E-state index is 13.0. The Kier molecular flexibility index (Phi) is 13.5. The fourth-order valence-electron chi connectivity index (χ4n) is 4.87. The van der Waals surface area contributed by atoms with Crippen molar-refractivity contribution in [3.63, 3.8) is 0 Å². The van der Waals surface area contributed by atoms with Crippen LogP contribution in [-0.4, -0.2) is 70.0 Å². The van der Waals surface area contributed by atoms with Crippen molar-refractivity contribution in [2.24, 2.45) is 5.10 Å². The summed E-state index contributed by atoms with van der Waals surface area (Å²) in [7, 11) is 2.50. The Labute approximate surface area is 282 Å². The molecule has 2 aliphatic rings. The first kappa shape index (κ1) is 36.4. The number of hydrazone groups is 1. The van der Waals surface area contributed by atoms with Gasteiger partial charge in [-0.05, 0) is 42.3 Å². The number of benzene rings is 2. The van der Waals surface area contributed by atoms with Gasteiger partial charge in [0.1, 0.15) is 5.75 Å². The van der Waals surface area contributed by atoms with Crippen molar-refractivity contribution in [2.45, 2.75) is 25.7 Å². The summed E-state index contributed by atoms with van der Waals surface area (Å²) in [5.74, 6) is -2.38. The van der Waals surface area contributed by atoms with Gasteiger partial charge in [0.25, 0.3) is 5.91 Å². The molecular weight excluding hydrogens is 659 g/mol. The summed E-state index contributed by atoms with van der Waals surface area (Å²) < 4.78 is 21.4. The Balaban J connectivity index is 0.00000576. The topological polar surface area (TPSA) is 154 Å². The minimum absolute atomic E-state index is 0. The van der Waals surface area contributed by atoms with Crippen molar-refractivity contribution in [1.29, 1.82) is 0 Å². The zero-order valence-electron chi connectivity index (χ0n) is 25.3. The Hall–Kier alpha value is -4.04. The largest absolute Gasteiger partial charge is 0.482 e. The minimum Gasteiger partial charge on any atom is -0.482 e. The second-order valence-corrected chi connectivity index (χ2v) is 10.7. The van der Waals surface area contributed by atoms with E-state index in [0.29, 0.717) is 51.3 Å². The number of methoxy groups -OCH3 is 2. The predicted octanol–water partition coefficient (Wildman–Crippen LogP) is 3.49. The molecule has 0 spiro atoms. The van der Waals surface area contributed by atoms with Gasteiger partial charge in [-0.1, -0.05) is 41.4 Å². The van der Waals surface area contributed by atoms with Crippen molar-refractivity contribution in [3.05, 3.63) is 86.2 Å². The number of amides is 2. The van der Waals surface area contributed by atoms with Crippen LogP contribution in [0.3, 0.4) is 0 Å². The van der Waals surface area contributed by atoms with E-state index in [1.54, 1.807) is 49.4 Å². The van der Waals surface area contributed by atoms with Crippen LogP contribution in [0.25, 0.3) is 0 Å². The fourth-order valence-corrected chi connectivity index (χ4v) is 5.35. The predicted molar refractivity (Wildman–Crippen MR) is 176 cm³/mol. The first-order chi connectivity index (χ1) is 21.6. The Bertz CT molecular complexity index is 1590. The Morgan fingerprint density at radius 2 is 1.72 bits per heavy atom. The summed E-state index contributed by atoms with van der Waals surface area (Å²) in [5.41, 5.74) is 5.63. The highest BCUT2D eigenvalue weighted by Gasteiger charge is 2.39. The van der Waals surface area contributed by atoms with Crippen LogP contribution in [0.5, 0.6) is 5.75 Å². The molecule has 2 aromatic carbocycles. The van der Waals surface area contributed by atoms with Gasteiger partial charge in [-0.25, -0.2) is 15.0 Å². The number of nitrogens with zero attached hydrogens (tertiary/aromatic N) is 1.